The highest BCUT2D eigenvalue weighted by atomic mass is 35.5. The molecule has 0 aliphatic carbocycles. The van der Waals surface area contributed by atoms with Gasteiger partial charge in [0.2, 0.25) is 5.78 Å². The van der Waals surface area contributed by atoms with Crippen molar-refractivity contribution in [2.75, 3.05) is 0 Å². The zero-order valence-corrected chi connectivity index (χ0v) is 12.3. The van der Waals surface area contributed by atoms with Crippen LogP contribution >= 0.6 is 34.8 Å². The van der Waals surface area contributed by atoms with E-state index >= 15 is 0 Å². The molecule has 2 aromatic carbocycles. The van der Waals surface area contributed by atoms with Gasteiger partial charge >= 0.3 is 0 Å². The van der Waals surface area contributed by atoms with Crippen molar-refractivity contribution in [2.24, 2.45) is 0 Å². The van der Waals surface area contributed by atoms with Crippen molar-refractivity contribution in [3.63, 3.8) is 0 Å². The van der Waals surface area contributed by atoms with E-state index < -0.39 is 0 Å². The predicted octanol–water partition coefficient (Wildman–Crippen LogP) is 5.62. The highest BCUT2D eigenvalue weighted by Crippen LogP contribution is 2.29. The third-order valence-corrected chi connectivity index (χ3v) is 3.95. The number of carbonyl (C=O) groups excluding carboxylic acids is 1. The van der Waals surface area contributed by atoms with Gasteiger partial charge in [-0.05, 0) is 36.4 Å². The van der Waals surface area contributed by atoms with Crippen LogP contribution in [0, 0.1) is 0 Å². The van der Waals surface area contributed by atoms with E-state index in [1.807, 2.05) is 0 Å². The number of hydrogen-bond acceptors (Lipinski definition) is 2. The first kappa shape index (κ1) is 13.5. The molecule has 1 heterocycles. The first-order chi connectivity index (χ1) is 9.56. The van der Waals surface area contributed by atoms with E-state index in [1.165, 1.54) is 0 Å². The van der Waals surface area contributed by atoms with Crippen molar-refractivity contribution < 1.29 is 9.21 Å². The number of furan rings is 1. The highest BCUT2D eigenvalue weighted by Gasteiger charge is 2.18. The fraction of sp³-hybridized carbons (Fsp3) is 0. The van der Waals surface area contributed by atoms with Crippen LogP contribution in [0.3, 0.4) is 0 Å². The summed E-state index contributed by atoms with van der Waals surface area (Å²) >= 11 is 17.9. The van der Waals surface area contributed by atoms with Crippen molar-refractivity contribution >= 4 is 51.6 Å². The second-order valence-corrected chi connectivity index (χ2v) is 5.44. The van der Waals surface area contributed by atoms with Crippen LogP contribution in [0.25, 0.3) is 11.0 Å². The molecule has 1 aromatic heterocycles. The van der Waals surface area contributed by atoms with E-state index in [9.17, 15) is 4.79 Å². The van der Waals surface area contributed by atoms with Gasteiger partial charge in [-0.3, -0.25) is 4.79 Å². The summed E-state index contributed by atoms with van der Waals surface area (Å²) < 4.78 is 5.52. The van der Waals surface area contributed by atoms with Crippen molar-refractivity contribution in [1.29, 1.82) is 0 Å². The van der Waals surface area contributed by atoms with Gasteiger partial charge in [0.25, 0.3) is 0 Å². The minimum atomic E-state index is -0.315. The highest BCUT2D eigenvalue weighted by molar-refractivity contribution is 6.44. The zero-order valence-electron chi connectivity index (χ0n) is 9.99. The fourth-order valence-electron chi connectivity index (χ4n) is 1.94. The second-order valence-electron chi connectivity index (χ2n) is 4.22. The Hall–Kier alpha value is -1.48. The van der Waals surface area contributed by atoms with Gasteiger partial charge < -0.3 is 4.42 Å². The van der Waals surface area contributed by atoms with Gasteiger partial charge in [-0.2, -0.15) is 0 Å². The number of halogens is 3. The van der Waals surface area contributed by atoms with Crippen molar-refractivity contribution in [1.82, 2.24) is 0 Å². The number of rotatable bonds is 2. The number of hydrogen-bond donors (Lipinski definition) is 0. The largest absolute Gasteiger partial charge is 0.453 e. The maximum atomic E-state index is 12.4. The molecule has 0 atom stereocenters. The average Bonchev–Trinajstić information content (AvgIpc) is 2.84. The number of carbonyl (C=O) groups is 1. The molecule has 100 valence electrons. The van der Waals surface area contributed by atoms with Crippen LogP contribution in [0.2, 0.25) is 15.1 Å². The topological polar surface area (TPSA) is 30.2 Å². The Morgan fingerprint density at radius 1 is 1.00 bits per heavy atom. The predicted molar refractivity (Wildman–Crippen MR) is 81.1 cm³/mol. The number of ketones is 1. The molecule has 20 heavy (non-hydrogen) atoms. The molecule has 0 amide bonds. The lowest BCUT2D eigenvalue weighted by atomic mass is 10.1. The Kier molecular flexibility index (Phi) is 3.47. The third kappa shape index (κ3) is 2.31. The molecule has 0 radical (unpaired) electrons. The number of fused-ring (bicyclic) bond motifs is 1. The summed E-state index contributed by atoms with van der Waals surface area (Å²) in [6.07, 6.45) is 0. The maximum Gasteiger partial charge on any atom is 0.229 e. The van der Waals surface area contributed by atoms with Gasteiger partial charge in [-0.25, -0.2) is 0 Å². The van der Waals surface area contributed by atoms with Gasteiger partial charge in [-0.1, -0.05) is 40.9 Å². The molecule has 0 unspecified atom stereocenters. The lowest BCUT2D eigenvalue weighted by Crippen LogP contribution is -2.00. The summed E-state index contributed by atoms with van der Waals surface area (Å²) in [6, 6.07) is 11.7. The van der Waals surface area contributed by atoms with Gasteiger partial charge in [0.15, 0.2) is 5.76 Å². The van der Waals surface area contributed by atoms with Crippen LogP contribution < -0.4 is 0 Å². The van der Waals surface area contributed by atoms with Crippen LogP contribution in [0.1, 0.15) is 16.1 Å². The fourth-order valence-corrected chi connectivity index (χ4v) is 2.50. The van der Waals surface area contributed by atoms with E-state index in [0.717, 1.165) is 5.39 Å². The van der Waals surface area contributed by atoms with E-state index in [0.29, 0.717) is 21.2 Å². The Labute approximate surface area is 129 Å². The standard InChI is InChI=1S/C15H7Cl3O2/c16-9-4-5-12-8(6-9)7-13(20-12)15(19)10-2-1-3-11(17)14(10)18/h1-7H. The number of benzene rings is 2. The SMILES string of the molecule is O=C(c1cc2cc(Cl)ccc2o1)c1cccc(Cl)c1Cl. The van der Waals surface area contributed by atoms with Crippen LogP contribution in [0.5, 0.6) is 0 Å². The van der Waals surface area contributed by atoms with E-state index in [1.54, 1.807) is 42.5 Å². The van der Waals surface area contributed by atoms with Crippen molar-refractivity contribution in [3.8, 4) is 0 Å². The maximum absolute atomic E-state index is 12.4. The summed E-state index contributed by atoms with van der Waals surface area (Å²) in [5.41, 5.74) is 0.903. The quantitative estimate of drug-likeness (QED) is 0.572. The van der Waals surface area contributed by atoms with E-state index in [-0.39, 0.29) is 16.6 Å². The lowest BCUT2D eigenvalue weighted by Gasteiger charge is -2.02. The van der Waals surface area contributed by atoms with Gasteiger partial charge in [-0.15, -0.1) is 0 Å². The third-order valence-electron chi connectivity index (χ3n) is 2.90. The first-order valence-electron chi connectivity index (χ1n) is 5.74. The van der Waals surface area contributed by atoms with Crippen molar-refractivity contribution in [2.45, 2.75) is 0 Å². The second kappa shape index (κ2) is 5.13. The summed E-state index contributed by atoms with van der Waals surface area (Å²) in [6.45, 7) is 0. The van der Waals surface area contributed by atoms with Crippen molar-refractivity contribution in [3.05, 3.63) is 68.9 Å². The average molecular weight is 326 g/mol. The van der Waals surface area contributed by atoms with Crippen LogP contribution in [-0.4, -0.2) is 5.78 Å². The molecule has 0 bridgehead atoms. The normalized spacial score (nSPS) is 10.9. The molecular weight excluding hydrogens is 319 g/mol. The molecule has 0 aliphatic rings. The van der Waals surface area contributed by atoms with Gasteiger partial charge in [0.05, 0.1) is 10.0 Å². The summed E-state index contributed by atoms with van der Waals surface area (Å²) in [5, 5.41) is 1.89. The Morgan fingerprint density at radius 2 is 1.80 bits per heavy atom. The molecule has 3 aromatic rings. The Balaban J connectivity index is 2.10. The smallest absolute Gasteiger partial charge is 0.229 e. The first-order valence-corrected chi connectivity index (χ1v) is 6.87. The molecule has 0 aliphatic heterocycles. The summed E-state index contributed by atoms with van der Waals surface area (Å²) in [5.74, 6) is -0.115. The molecule has 3 rings (SSSR count). The van der Waals surface area contributed by atoms with Crippen LogP contribution in [0.15, 0.2) is 46.9 Å². The molecular formula is C15H7Cl3O2. The monoisotopic (exact) mass is 324 g/mol. The van der Waals surface area contributed by atoms with Gasteiger partial charge in [0.1, 0.15) is 5.58 Å². The molecule has 0 fully saturated rings. The van der Waals surface area contributed by atoms with Crippen LogP contribution in [-0.2, 0) is 0 Å². The minimum Gasteiger partial charge on any atom is -0.453 e. The molecule has 2 nitrogen and oxygen atoms in total. The van der Waals surface area contributed by atoms with Gasteiger partial charge in [0, 0.05) is 16.0 Å². The van der Waals surface area contributed by atoms with E-state index in [2.05, 4.69) is 0 Å². The molecule has 0 saturated carbocycles. The summed E-state index contributed by atoms with van der Waals surface area (Å²) in [4.78, 5) is 12.4. The molecule has 0 saturated heterocycles. The summed E-state index contributed by atoms with van der Waals surface area (Å²) in [7, 11) is 0. The molecule has 5 heteroatoms. The zero-order chi connectivity index (χ0) is 14.3. The van der Waals surface area contributed by atoms with Crippen LogP contribution in [0.4, 0.5) is 0 Å². The molecule has 0 spiro atoms. The Morgan fingerprint density at radius 3 is 2.60 bits per heavy atom. The Bertz CT molecular complexity index is 821. The minimum absolute atomic E-state index is 0.200. The van der Waals surface area contributed by atoms with E-state index in [4.69, 9.17) is 39.2 Å². The lowest BCUT2D eigenvalue weighted by molar-refractivity contribution is 0.101. The molecule has 0 N–H and O–H groups in total.